The highest BCUT2D eigenvalue weighted by Gasteiger charge is 2.21. The Morgan fingerprint density at radius 1 is 1.26 bits per heavy atom. The molecule has 1 aliphatic heterocycles. The maximum Gasteiger partial charge on any atom is 0.193 e. The molecule has 3 rings (SSSR count). The van der Waals surface area contributed by atoms with Crippen molar-refractivity contribution < 1.29 is 0 Å². The summed E-state index contributed by atoms with van der Waals surface area (Å²) >= 11 is 10.4. The predicted molar refractivity (Wildman–Crippen MR) is 88.1 cm³/mol. The molecule has 0 spiro atoms. The summed E-state index contributed by atoms with van der Waals surface area (Å²) in [5.74, 6) is 0. The first-order valence-electron chi connectivity index (χ1n) is 5.90. The lowest BCUT2D eigenvalue weighted by Crippen LogP contribution is -2.33. The molecular weight excluding hydrogens is 340 g/mol. The predicted octanol–water partition coefficient (Wildman–Crippen LogP) is 4.32. The Hall–Kier alpha value is -1.04. The zero-order chi connectivity index (χ0) is 13.2. The Morgan fingerprint density at radius 2 is 2.05 bits per heavy atom. The third-order valence-corrected chi connectivity index (χ3v) is 4.67. The highest BCUT2D eigenvalue weighted by atomic mass is 79.9. The van der Waals surface area contributed by atoms with Crippen molar-refractivity contribution in [3.63, 3.8) is 0 Å². The largest absolute Gasteiger partial charge is 0.354 e. The topological polar surface area (TPSA) is 24.4 Å². The lowest BCUT2D eigenvalue weighted by molar-refractivity contribution is 0.665. The van der Waals surface area contributed by atoms with E-state index in [1.165, 1.54) is 10.4 Å². The molecular formula is C14H11BrN2S2. The Morgan fingerprint density at radius 3 is 2.74 bits per heavy atom. The number of nitrogens with zero attached hydrogens (tertiary/aromatic N) is 1. The maximum absolute atomic E-state index is 5.26. The monoisotopic (exact) mass is 350 g/mol. The van der Waals surface area contributed by atoms with Crippen LogP contribution in [0.5, 0.6) is 0 Å². The molecule has 1 atom stereocenters. The fourth-order valence-corrected chi connectivity index (χ4v) is 3.33. The lowest BCUT2D eigenvalue weighted by Gasteiger charge is -2.24. The van der Waals surface area contributed by atoms with Crippen LogP contribution in [0, 0.1) is 0 Å². The Kier molecular flexibility index (Phi) is 3.77. The van der Waals surface area contributed by atoms with Crippen LogP contribution in [0.2, 0.25) is 0 Å². The zero-order valence-corrected chi connectivity index (χ0v) is 13.2. The number of hydrogen-bond donors (Lipinski definition) is 1. The lowest BCUT2D eigenvalue weighted by atomic mass is 9.99. The maximum atomic E-state index is 5.26. The summed E-state index contributed by atoms with van der Waals surface area (Å²) in [6.45, 7) is 0. The van der Waals surface area contributed by atoms with Gasteiger partial charge in [-0.1, -0.05) is 34.1 Å². The number of hydrogen-bond acceptors (Lipinski definition) is 2. The average Bonchev–Trinajstić information content (AvgIpc) is 2.93. The first-order chi connectivity index (χ1) is 9.22. The second kappa shape index (κ2) is 5.53. The van der Waals surface area contributed by atoms with Crippen LogP contribution in [0.25, 0.3) is 0 Å². The van der Waals surface area contributed by atoms with Gasteiger partial charge in [-0.05, 0) is 41.4 Å². The van der Waals surface area contributed by atoms with Gasteiger partial charge in [0.2, 0.25) is 0 Å². The molecule has 2 heterocycles. The molecule has 0 aliphatic carbocycles. The number of benzene rings is 1. The number of halogens is 1. The van der Waals surface area contributed by atoms with Gasteiger partial charge < -0.3 is 5.32 Å². The molecule has 0 radical (unpaired) electrons. The van der Waals surface area contributed by atoms with Gasteiger partial charge in [-0.25, -0.2) is 4.99 Å². The molecule has 0 saturated carbocycles. The molecule has 5 heteroatoms. The summed E-state index contributed by atoms with van der Waals surface area (Å²) in [5.41, 5.74) is 2.31. The van der Waals surface area contributed by atoms with Gasteiger partial charge >= 0.3 is 0 Å². The molecule has 1 aromatic carbocycles. The second-order valence-electron chi connectivity index (χ2n) is 4.29. The van der Waals surface area contributed by atoms with Gasteiger partial charge in [-0.3, -0.25) is 0 Å². The summed E-state index contributed by atoms with van der Waals surface area (Å²) in [4.78, 5) is 5.66. The van der Waals surface area contributed by atoms with E-state index in [1.54, 1.807) is 11.3 Å². The van der Waals surface area contributed by atoms with E-state index >= 15 is 0 Å². The van der Waals surface area contributed by atoms with Crippen LogP contribution < -0.4 is 5.32 Å². The minimum absolute atomic E-state index is 0.204. The van der Waals surface area contributed by atoms with Crippen molar-refractivity contribution in [2.24, 2.45) is 4.99 Å². The fourth-order valence-electron chi connectivity index (χ4n) is 2.09. The van der Waals surface area contributed by atoms with E-state index < -0.39 is 0 Å². The van der Waals surface area contributed by atoms with E-state index in [0.717, 1.165) is 16.6 Å². The minimum Gasteiger partial charge on any atom is -0.354 e. The molecule has 2 nitrogen and oxygen atoms in total. The first-order valence-corrected chi connectivity index (χ1v) is 7.98. The molecule has 0 amide bonds. The van der Waals surface area contributed by atoms with Crippen molar-refractivity contribution >= 4 is 50.3 Å². The van der Waals surface area contributed by atoms with Gasteiger partial charge in [0.25, 0.3) is 0 Å². The third-order valence-electron chi connectivity index (χ3n) is 3.01. The average molecular weight is 351 g/mol. The molecule has 0 saturated heterocycles. The van der Waals surface area contributed by atoms with Gasteiger partial charge in [-0.2, -0.15) is 0 Å². The van der Waals surface area contributed by atoms with E-state index in [2.05, 4.69) is 62.0 Å². The van der Waals surface area contributed by atoms with Crippen LogP contribution in [-0.2, 0) is 0 Å². The zero-order valence-electron chi connectivity index (χ0n) is 9.97. The van der Waals surface area contributed by atoms with Gasteiger partial charge in [0.05, 0.1) is 11.8 Å². The summed E-state index contributed by atoms with van der Waals surface area (Å²) in [6, 6.07) is 12.7. The molecule has 2 aromatic rings. The van der Waals surface area contributed by atoms with Crippen molar-refractivity contribution in [3.8, 4) is 0 Å². The summed E-state index contributed by atoms with van der Waals surface area (Å²) in [6.07, 6.45) is 0.863. The van der Waals surface area contributed by atoms with Crippen LogP contribution >= 0.6 is 39.5 Å². The summed E-state index contributed by atoms with van der Waals surface area (Å²) < 4.78 is 1.08. The van der Waals surface area contributed by atoms with Crippen molar-refractivity contribution in [1.29, 1.82) is 0 Å². The summed E-state index contributed by atoms with van der Waals surface area (Å²) in [5, 5.41) is 5.92. The molecule has 96 valence electrons. The molecule has 1 aromatic heterocycles. The second-order valence-corrected chi connectivity index (χ2v) is 6.54. The smallest absolute Gasteiger partial charge is 0.193 e. The van der Waals surface area contributed by atoms with Gasteiger partial charge in [-0.15, -0.1) is 11.3 Å². The van der Waals surface area contributed by atoms with Gasteiger partial charge in [0.1, 0.15) is 0 Å². The van der Waals surface area contributed by atoms with Crippen LogP contribution in [0.4, 0.5) is 0 Å². The van der Waals surface area contributed by atoms with E-state index in [0.29, 0.717) is 5.11 Å². The Labute approximate surface area is 129 Å². The Balaban J connectivity index is 1.88. The van der Waals surface area contributed by atoms with Gasteiger partial charge in [0, 0.05) is 15.8 Å². The van der Waals surface area contributed by atoms with Crippen LogP contribution in [0.1, 0.15) is 22.9 Å². The number of thiophene rings is 1. The van der Waals surface area contributed by atoms with Crippen LogP contribution in [0.15, 0.2) is 51.2 Å². The third kappa shape index (κ3) is 2.94. The van der Waals surface area contributed by atoms with Crippen LogP contribution in [0.3, 0.4) is 0 Å². The highest BCUT2D eigenvalue weighted by molar-refractivity contribution is 9.10. The minimum atomic E-state index is 0.204. The molecule has 1 N–H and O–H groups in total. The molecule has 0 fully saturated rings. The van der Waals surface area contributed by atoms with Crippen molar-refractivity contribution in [2.75, 3.05) is 0 Å². The van der Waals surface area contributed by atoms with Crippen molar-refractivity contribution in [3.05, 3.63) is 56.7 Å². The van der Waals surface area contributed by atoms with E-state index in [9.17, 15) is 0 Å². The van der Waals surface area contributed by atoms with Gasteiger partial charge in [0.15, 0.2) is 5.11 Å². The fraction of sp³-hybridized carbons (Fsp3) is 0.143. The number of thiocarbonyl (C=S) groups is 1. The quantitative estimate of drug-likeness (QED) is 0.815. The normalized spacial score (nSPS) is 18.9. The number of nitrogens with one attached hydrogen (secondary N) is 1. The SMILES string of the molecule is S=C1N=C(c2cccs2)CC(c2ccc(Br)cc2)N1. The highest BCUT2D eigenvalue weighted by Crippen LogP contribution is 2.26. The molecule has 19 heavy (non-hydrogen) atoms. The van der Waals surface area contributed by atoms with Crippen LogP contribution in [-0.4, -0.2) is 10.8 Å². The molecule has 1 aliphatic rings. The van der Waals surface area contributed by atoms with Crippen molar-refractivity contribution in [1.82, 2.24) is 5.32 Å². The molecule has 0 bridgehead atoms. The first kappa shape index (κ1) is 13.0. The summed E-state index contributed by atoms with van der Waals surface area (Å²) in [7, 11) is 0. The van der Waals surface area contributed by atoms with Crippen molar-refractivity contribution in [2.45, 2.75) is 12.5 Å². The molecule has 1 unspecified atom stereocenters. The standard InChI is InChI=1S/C14H11BrN2S2/c15-10-5-3-9(4-6-10)11-8-12(17-14(18)16-11)13-2-1-7-19-13/h1-7,11H,8H2,(H,16,18). The van der Waals surface area contributed by atoms with E-state index in [-0.39, 0.29) is 6.04 Å². The number of aliphatic imine (C=N–C) groups is 1. The number of rotatable bonds is 2. The van der Waals surface area contributed by atoms with E-state index in [4.69, 9.17) is 12.2 Å². The Bertz CT molecular complexity index is 617. The van der Waals surface area contributed by atoms with E-state index in [1.807, 2.05) is 6.07 Å².